The highest BCUT2D eigenvalue weighted by atomic mass is 16.5. The smallest absolute Gasteiger partial charge is 0.247 e. The molecule has 0 radical (unpaired) electrons. The number of likely N-dealkylation sites (tertiary alicyclic amines) is 1. The number of hydrogen-bond acceptors (Lipinski definition) is 6. The number of ether oxygens (including phenoxy) is 1. The monoisotopic (exact) mass is 386 g/mol. The average Bonchev–Trinajstić information content (AvgIpc) is 3.11. The fourth-order valence-corrected chi connectivity index (χ4v) is 3.68. The molecule has 0 bridgehead atoms. The number of methoxy groups -OCH3 is 1. The van der Waals surface area contributed by atoms with Crippen LogP contribution < -0.4 is 10.5 Å². The molecule has 0 unspecified atom stereocenters. The van der Waals surface area contributed by atoms with Crippen LogP contribution in [0.5, 0.6) is 5.75 Å². The molecule has 3 rings (SSSR count). The van der Waals surface area contributed by atoms with Crippen LogP contribution in [-0.4, -0.2) is 57.1 Å². The van der Waals surface area contributed by atoms with Crippen LogP contribution in [0.1, 0.15) is 36.7 Å². The van der Waals surface area contributed by atoms with Crippen molar-refractivity contribution >= 4 is 11.8 Å². The SMILES string of the molecule is COc1cccc(C[C@@H](C(=O)N2CCC(CC(N)=O)CC2)n2nnnc2C)c1. The number of nitrogens with two attached hydrogens (primary N) is 1. The first-order chi connectivity index (χ1) is 13.5. The minimum atomic E-state index is -0.533. The van der Waals surface area contributed by atoms with E-state index < -0.39 is 6.04 Å². The number of primary amides is 1. The van der Waals surface area contributed by atoms with Gasteiger partial charge in [0.1, 0.15) is 17.6 Å². The zero-order valence-electron chi connectivity index (χ0n) is 16.2. The normalized spacial score (nSPS) is 16.0. The van der Waals surface area contributed by atoms with Crippen molar-refractivity contribution in [2.24, 2.45) is 11.7 Å². The van der Waals surface area contributed by atoms with Crippen LogP contribution in [0, 0.1) is 12.8 Å². The minimum Gasteiger partial charge on any atom is -0.497 e. The van der Waals surface area contributed by atoms with Gasteiger partial charge in [-0.15, -0.1) is 5.10 Å². The molecule has 2 aromatic rings. The summed E-state index contributed by atoms with van der Waals surface area (Å²) >= 11 is 0. The van der Waals surface area contributed by atoms with Gasteiger partial charge in [0, 0.05) is 25.9 Å². The zero-order chi connectivity index (χ0) is 20.1. The van der Waals surface area contributed by atoms with Gasteiger partial charge >= 0.3 is 0 Å². The van der Waals surface area contributed by atoms with Crippen LogP contribution in [0.2, 0.25) is 0 Å². The molecule has 9 heteroatoms. The summed E-state index contributed by atoms with van der Waals surface area (Å²) in [6.07, 6.45) is 2.38. The molecule has 1 fully saturated rings. The highest BCUT2D eigenvalue weighted by molar-refractivity contribution is 5.81. The number of amides is 2. The van der Waals surface area contributed by atoms with Crippen LogP contribution in [0.4, 0.5) is 0 Å². The number of hydrogen-bond donors (Lipinski definition) is 1. The summed E-state index contributed by atoms with van der Waals surface area (Å²) in [4.78, 5) is 26.3. The maximum atomic E-state index is 13.3. The Labute approximate surface area is 163 Å². The first kappa shape index (κ1) is 19.8. The van der Waals surface area contributed by atoms with Gasteiger partial charge in [0.2, 0.25) is 11.8 Å². The van der Waals surface area contributed by atoms with Crippen molar-refractivity contribution in [3.05, 3.63) is 35.7 Å². The van der Waals surface area contributed by atoms with Crippen LogP contribution in [0.3, 0.4) is 0 Å². The first-order valence-corrected chi connectivity index (χ1v) is 9.42. The Morgan fingerprint density at radius 2 is 2.07 bits per heavy atom. The standard InChI is InChI=1S/C19H26N6O3/c1-13-21-22-23-25(13)17(11-15-4-3-5-16(10-15)28-2)19(27)24-8-6-14(7-9-24)12-18(20)26/h3-5,10,14,17H,6-9,11-12H2,1-2H3,(H2,20,26)/t17-/m0/s1. The lowest BCUT2D eigenvalue weighted by Crippen LogP contribution is -2.44. The molecule has 1 aliphatic rings. The molecule has 1 atom stereocenters. The summed E-state index contributed by atoms with van der Waals surface area (Å²) in [5.41, 5.74) is 6.27. The van der Waals surface area contributed by atoms with Gasteiger partial charge in [0.05, 0.1) is 7.11 Å². The average molecular weight is 386 g/mol. The van der Waals surface area contributed by atoms with Gasteiger partial charge in [0.25, 0.3) is 0 Å². The largest absolute Gasteiger partial charge is 0.497 e. The van der Waals surface area contributed by atoms with E-state index in [2.05, 4.69) is 15.5 Å². The van der Waals surface area contributed by atoms with Crippen LogP contribution >= 0.6 is 0 Å². The van der Waals surface area contributed by atoms with E-state index in [1.54, 1.807) is 18.7 Å². The number of aromatic nitrogens is 4. The summed E-state index contributed by atoms with van der Waals surface area (Å²) in [6, 6.07) is 7.11. The van der Waals surface area contributed by atoms with E-state index in [9.17, 15) is 9.59 Å². The maximum absolute atomic E-state index is 13.3. The molecule has 1 aliphatic heterocycles. The molecular weight excluding hydrogens is 360 g/mol. The Morgan fingerprint density at radius 3 is 2.68 bits per heavy atom. The number of tetrazole rings is 1. The summed E-state index contributed by atoms with van der Waals surface area (Å²) in [5.74, 6) is 1.27. The minimum absolute atomic E-state index is 0.0178. The van der Waals surface area contributed by atoms with E-state index >= 15 is 0 Å². The number of benzene rings is 1. The molecule has 9 nitrogen and oxygen atoms in total. The number of carbonyl (C=O) groups is 2. The summed E-state index contributed by atoms with van der Waals surface area (Å²) in [5, 5.41) is 11.7. The highest BCUT2D eigenvalue weighted by Crippen LogP contribution is 2.25. The Balaban J connectivity index is 1.77. The second-order valence-corrected chi connectivity index (χ2v) is 7.18. The van der Waals surface area contributed by atoms with Gasteiger partial charge in [-0.3, -0.25) is 9.59 Å². The third-order valence-corrected chi connectivity index (χ3v) is 5.22. The molecular formula is C19H26N6O3. The van der Waals surface area contributed by atoms with Gasteiger partial charge in [-0.25, -0.2) is 4.68 Å². The third kappa shape index (κ3) is 4.65. The second kappa shape index (κ2) is 8.81. The number of carbonyl (C=O) groups excluding carboxylic acids is 2. The van der Waals surface area contributed by atoms with Crippen LogP contribution in [-0.2, 0) is 16.0 Å². The molecule has 0 saturated carbocycles. The second-order valence-electron chi connectivity index (χ2n) is 7.18. The molecule has 1 aromatic heterocycles. The Bertz CT molecular complexity index is 829. The van der Waals surface area contributed by atoms with E-state index in [4.69, 9.17) is 10.5 Å². The zero-order valence-corrected chi connectivity index (χ0v) is 16.2. The lowest BCUT2D eigenvalue weighted by atomic mass is 9.92. The number of piperidine rings is 1. The van der Waals surface area contributed by atoms with Gasteiger partial charge in [0.15, 0.2) is 0 Å². The van der Waals surface area contributed by atoms with Crippen molar-refractivity contribution < 1.29 is 14.3 Å². The molecule has 2 amide bonds. The lowest BCUT2D eigenvalue weighted by molar-refractivity contribution is -0.136. The van der Waals surface area contributed by atoms with E-state index in [0.717, 1.165) is 24.2 Å². The van der Waals surface area contributed by atoms with E-state index in [0.29, 0.717) is 31.8 Å². The highest BCUT2D eigenvalue weighted by Gasteiger charge is 2.31. The van der Waals surface area contributed by atoms with Gasteiger partial charge in [-0.2, -0.15) is 0 Å². The number of aryl methyl sites for hydroxylation is 1. The first-order valence-electron chi connectivity index (χ1n) is 9.42. The molecule has 2 N–H and O–H groups in total. The van der Waals surface area contributed by atoms with Crippen molar-refractivity contribution in [3.8, 4) is 5.75 Å². The maximum Gasteiger partial charge on any atom is 0.247 e. The predicted octanol–water partition coefficient (Wildman–Crippen LogP) is 0.888. The van der Waals surface area contributed by atoms with E-state index in [1.807, 2.05) is 29.2 Å². The van der Waals surface area contributed by atoms with Crippen molar-refractivity contribution in [1.82, 2.24) is 25.1 Å². The van der Waals surface area contributed by atoms with Gasteiger partial charge in [-0.1, -0.05) is 12.1 Å². The third-order valence-electron chi connectivity index (χ3n) is 5.22. The topological polar surface area (TPSA) is 116 Å². The molecule has 0 spiro atoms. The predicted molar refractivity (Wildman–Crippen MR) is 101 cm³/mol. The molecule has 28 heavy (non-hydrogen) atoms. The van der Waals surface area contributed by atoms with Gasteiger partial charge in [-0.05, 0) is 53.8 Å². The summed E-state index contributed by atoms with van der Waals surface area (Å²) in [7, 11) is 1.61. The lowest BCUT2D eigenvalue weighted by Gasteiger charge is -2.34. The quantitative estimate of drug-likeness (QED) is 0.755. The van der Waals surface area contributed by atoms with Crippen molar-refractivity contribution in [2.45, 2.75) is 38.6 Å². The summed E-state index contributed by atoms with van der Waals surface area (Å²) in [6.45, 7) is 2.99. The Kier molecular flexibility index (Phi) is 6.23. The summed E-state index contributed by atoms with van der Waals surface area (Å²) < 4.78 is 6.87. The Hall–Kier alpha value is -2.97. The van der Waals surface area contributed by atoms with Crippen LogP contribution in [0.15, 0.2) is 24.3 Å². The fraction of sp³-hybridized carbons (Fsp3) is 0.526. The Morgan fingerprint density at radius 1 is 1.32 bits per heavy atom. The molecule has 1 saturated heterocycles. The molecule has 2 heterocycles. The number of nitrogens with zero attached hydrogens (tertiary/aromatic N) is 5. The molecule has 1 aromatic carbocycles. The molecule has 0 aliphatic carbocycles. The molecule has 150 valence electrons. The van der Waals surface area contributed by atoms with E-state index in [1.165, 1.54) is 0 Å². The fourth-order valence-electron chi connectivity index (χ4n) is 3.68. The van der Waals surface area contributed by atoms with Crippen molar-refractivity contribution in [3.63, 3.8) is 0 Å². The van der Waals surface area contributed by atoms with E-state index in [-0.39, 0.29) is 17.7 Å². The van der Waals surface area contributed by atoms with Gasteiger partial charge < -0.3 is 15.4 Å². The van der Waals surface area contributed by atoms with Crippen molar-refractivity contribution in [2.75, 3.05) is 20.2 Å². The van der Waals surface area contributed by atoms with Crippen LogP contribution in [0.25, 0.3) is 0 Å². The van der Waals surface area contributed by atoms with Crippen molar-refractivity contribution in [1.29, 1.82) is 0 Å². The number of rotatable bonds is 7.